The molecule has 4 nitrogen and oxygen atoms in total. The van der Waals surface area contributed by atoms with Gasteiger partial charge >= 0.3 is 12.1 Å². The lowest BCUT2D eigenvalue weighted by atomic mass is 10.0. The molecule has 7 heteroatoms. The number of rotatable bonds is 5. The average Bonchev–Trinajstić information content (AvgIpc) is 2.46. The van der Waals surface area contributed by atoms with E-state index >= 15 is 0 Å². The molecule has 1 saturated heterocycles. The fraction of sp³-hybridized carbons (Fsp3) is 0.533. The summed E-state index contributed by atoms with van der Waals surface area (Å²) >= 11 is 0. The molecule has 1 fully saturated rings. The van der Waals surface area contributed by atoms with Crippen LogP contribution in [0.4, 0.5) is 13.2 Å². The van der Waals surface area contributed by atoms with Gasteiger partial charge in [0.05, 0.1) is 18.3 Å². The van der Waals surface area contributed by atoms with E-state index in [1.807, 2.05) is 4.90 Å². The van der Waals surface area contributed by atoms with Crippen LogP contribution in [0.2, 0.25) is 0 Å². The smallest absolute Gasteiger partial charge is 0.416 e. The summed E-state index contributed by atoms with van der Waals surface area (Å²) in [6, 6.07) is 5.42. The van der Waals surface area contributed by atoms with Gasteiger partial charge in [-0.3, -0.25) is 9.69 Å². The Labute approximate surface area is 126 Å². The normalized spacial score (nSPS) is 20.0. The fourth-order valence-corrected chi connectivity index (χ4v) is 2.58. The molecule has 0 radical (unpaired) electrons. The van der Waals surface area contributed by atoms with E-state index in [-0.39, 0.29) is 12.0 Å². The standard InChI is InChI=1S/C15H18F3NO3/c16-15(17,18)12-5-2-1-4-11(12)13-10-19(8-9-22-13)7-3-6-14(20)21/h1-2,4-5,13H,3,6-10H2,(H,20,21). The molecule has 0 aliphatic carbocycles. The number of aliphatic carboxylic acids is 1. The van der Waals surface area contributed by atoms with Gasteiger partial charge < -0.3 is 9.84 Å². The van der Waals surface area contributed by atoms with Crippen LogP contribution in [0, 0.1) is 0 Å². The van der Waals surface area contributed by atoms with Crippen LogP contribution in [0.5, 0.6) is 0 Å². The first kappa shape index (κ1) is 16.8. The lowest BCUT2D eigenvalue weighted by Gasteiger charge is -2.34. The number of carbonyl (C=O) groups is 1. The Morgan fingerprint density at radius 2 is 2.09 bits per heavy atom. The van der Waals surface area contributed by atoms with Crippen molar-refractivity contribution in [3.63, 3.8) is 0 Å². The van der Waals surface area contributed by atoms with E-state index < -0.39 is 23.8 Å². The molecule has 1 heterocycles. The number of benzene rings is 1. The molecule has 0 bridgehead atoms. The second-order valence-electron chi connectivity index (χ2n) is 5.24. The average molecular weight is 317 g/mol. The summed E-state index contributed by atoms with van der Waals surface area (Å²) in [5, 5.41) is 8.63. The number of morpholine rings is 1. The third-order valence-corrected chi connectivity index (χ3v) is 3.63. The second-order valence-corrected chi connectivity index (χ2v) is 5.24. The SMILES string of the molecule is O=C(O)CCCN1CCOC(c2ccccc2C(F)(F)F)C1. The molecule has 1 unspecified atom stereocenters. The van der Waals surface area contributed by atoms with Gasteiger partial charge in [0.15, 0.2) is 0 Å². The zero-order valence-corrected chi connectivity index (χ0v) is 12.0. The van der Waals surface area contributed by atoms with Crippen molar-refractivity contribution in [3.8, 4) is 0 Å². The second kappa shape index (κ2) is 7.11. The molecule has 122 valence electrons. The predicted octanol–water partition coefficient (Wildman–Crippen LogP) is 2.94. The number of alkyl halides is 3. The van der Waals surface area contributed by atoms with Crippen molar-refractivity contribution in [2.45, 2.75) is 25.1 Å². The monoisotopic (exact) mass is 317 g/mol. The summed E-state index contributed by atoms with van der Waals surface area (Å²) < 4.78 is 44.7. The van der Waals surface area contributed by atoms with Crippen LogP contribution >= 0.6 is 0 Å². The van der Waals surface area contributed by atoms with E-state index in [1.54, 1.807) is 6.07 Å². The zero-order valence-electron chi connectivity index (χ0n) is 12.0. The largest absolute Gasteiger partial charge is 0.481 e. The van der Waals surface area contributed by atoms with Crippen LogP contribution in [-0.2, 0) is 15.7 Å². The van der Waals surface area contributed by atoms with Gasteiger partial charge in [0, 0.05) is 19.5 Å². The predicted molar refractivity (Wildman–Crippen MR) is 73.4 cm³/mol. The molecular weight excluding hydrogens is 299 g/mol. The Balaban J connectivity index is 2.05. The molecule has 1 aliphatic rings. The summed E-state index contributed by atoms with van der Waals surface area (Å²) in [5.41, 5.74) is -0.537. The minimum Gasteiger partial charge on any atom is -0.481 e. The van der Waals surface area contributed by atoms with Gasteiger partial charge in [0.2, 0.25) is 0 Å². The number of nitrogens with zero attached hydrogens (tertiary/aromatic N) is 1. The van der Waals surface area contributed by atoms with Crippen molar-refractivity contribution >= 4 is 5.97 Å². The van der Waals surface area contributed by atoms with E-state index in [4.69, 9.17) is 9.84 Å². The maximum Gasteiger partial charge on any atom is 0.416 e. The molecule has 2 rings (SSSR count). The van der Waals surface area contributed by atoms with Gasteiger partial charge in [-0.2, -0.15) is 13.2 Å². The molecule has 0 saturated carbocycles. The topological polar surface area (TPSA) is 49.8 Å². The van der Waals surface area contributed by atoms with Crippen molar-refractivity contribution in [2.24, 2.45) is 0 Å². The first-order chi connectivity index (χ1) is 10.4. The Morgan fingerprint density at radius 1 is 1.36 bits per heavy atom. The van der Waals surface area contributed by atoms with Gasteiger partial charge in [-0.1, -0.05) is 18.2 Å². The Kier molecular flexibility index (Phi) is 5.42. The van der Waals surface area contributed by atoms with E-state index in [2.05, 4.69) is 0 Å². The molecule has 1 aromatic carbocycles. The van der Waals surface area contributed by atoms with E-state index in [0.717, 1.165) is 6.07 Å². The third-order valence-electron chi connectivity index (χ3n) is 3.63. The van der Waals surface area contributed by atoms with Crippen molar-refractivity contribution < 1.29 is 27.8 Å². The van der Waals surface area contributed by atoms with Crippen LogP contribution in [0.15, 0.2) is 24.3 Å². The van der Waals surface area contributed by atoms with Crippen LogP contribution in [-0.4, -0.2) is 42.2 Å². The van der Waals surface area contributed by atoms with Crippen molar-refractivity contribution in [3.05, 3.63) is 35.4 Å². The van der Waals surface area contributed by atoms with Crippen molar-refractivity contribution in [2.75, 3.05) is 26.2 Å². The summed E-state index contributed by atoms with van der Waals surface area (Å²) in [7, 11) is 0. The lowest BCUT2D eigenvalue weighted by molar-refractivity contribution is -0.141. The van der Waals surface area contributed by atoms with Gasteiger partial charge in [-0.15, -0.1) is 0 Å². The summed E-state index contributed by atoms with van der Waals surface area (Å²) in [5.74, 6) is -0.868. The van der Waals surface area contributed by atoms with Gasteiger partial charge in [0.1, 0.15) is 0 Å². The van der Waals surface area contributed by atoms with Crippen LogP contribution in [0.1, 0.15) is 30.1 Å². The Bertz CT molecular complexity index is 519. The molecular formula is C15H18F3NO3. The Morgan fingerprint density at radius 3 is 2.77 bits per heavy atom. The van der Waals surface area contributed by atoms with Gasteiger partial charge in [-0.05, 0) is 24.6 Å². The maximum absolute atomic E-state index is 13.1. The number of halogens is 3. The van der Waals surface area contributed by atoms with Gasteiger partial charge in [-0.25, -0.2) is 0 Å². The first-order valence-corrected chi connectivity index (χ1v) is 7.10. The van der Waals surface area contributed by atoms with E-state index in [0.29, 0.717) is 32.7 Å². The van der Waals surface area contributed by atoms with Crippen LogP contribution < -0.4 is 0 Å². The number of carboxylic acid groups (broad SMARTS) is 1. The van der Waals surface area contributed by atoms with Crippen LogP contribution in [0.25, 0.3) is 0 Å². The minimum absolute atomic E-state index is 0.0567. The number of hydrogen-bond acceptors (Lipinski definition) is 3. The Hall–Kier alpha value is -1.60. The first-order valence-electron chi connectivity index (χ1n) is 7.10. The molecule has 1 aliphatic heterocycles. The highest BCUT2D eigenvalue weighted by atomic mass is 19.4. The molecule has 22 heavy (non-hydrogen) atoms. The molecule has 1 atom stereocenters. The van der Waals surface area contributed by atoms with Crippen molar-refractivity contribution in [1.82, 2.24) is 4.90 Å². The summed E-state index contributed by atoms with van der Waals surface area (Å²) in [6.45, 7) is 1.82. The number of hydrogen-bond donors (Lipinski definition) is 1. The molecule has 0 spiro atoms. The fourth-order valence-electron chi connectivity index (χ4n) is 2.58. The minimum atomic E-state index is -4.41. The zero-order chi connectivity index (χ0) is 16.2. The summed E-state index contributed by atoms with van der Waals surface area (Å²) in [4.78, 5) is 12.5. The highest BCUT2D eigenvalue weighted by molar-refractivity contribution is 5.66. The van der Waals surface area contributed by atoms with E-state index in [1.165, 1.54) is 12.1 Å². The summed E-state index contributed by atoms with van der Waals surface area (Å²) in [6.07, 6.45) is -4.52. The number of carboxylic acids is 1. The molecule has 1 aromatic rings. The highest BCUT2D eigenvalue weighted by Crippen LogP contribution is 2.36. The molecule has 1 N–H and O–H groups in total. The molecule has 0 amide bonds. The van der Waals surface area contributed by atoms with Gasteiger partial charge in [0.25, 0.3) is 0 Å². The molecule has 0 aromatic heterocycles. The third kappa shape index (κ3) is 4.45. The highest BCUT2D eigenvalue weighted by Gasteiger charge is 2.36. The number of ether oxygens (including phenoxy) is 1. The maximum atomic E-state index is 13.1. The quantitative estimate of drug-likeness (QED) is 0.907. The van der Waals surface area contributed by atoms with E-state index in [9.17, 15) is 18.0 Å². The lowest BCUT2D eigenvalue weighted by Crippen LogP contribution is -2.39. The van der Waals surface area contributed by atoms with Crippen molar-refractivity contribution in [1.29, 1.82) is 0 Å². The van der Waals surface area contributed by atoms with Crippen LogP contribution in [0.3, 0.4) is 0 Å².